The number of allylic oxidation sites excluding steroid dienone is 2. The molecule has 0 fully saturated rings. The molecule has 0 N–H and O–H groups in total. The van der Waals surface area contributed by atoms with E-state index in [-0.39, 0.29) is 11.7 Å². The third kappa shape index (κ3) is 4.53. The predicted octanol–water partition coefficient (Wildman–Crippen LogP) is 4.19. The van der Waals surface area contributed by atoms with E-state index >= 15 is 0 Å². The lowest BCUT2D eigenvalue weighted by molar-refractivity contribution is -0.108. The average molecular weight is 278 g/mol. The average Bonchev–Trinajstić information content (AvgIpc) is 2.55. The van der Waals surface area contributed by atoms with E-state index < -0.39 is 0 Å². The molecule has 0 unspecified atom stereocenters. The summed E-state index contributed by atoms with van der Waals surface area (Å²) >= 11 is 0. The maximum absolute atomic E-state index is 12.0. The number of carbonyl (C=O) groups excluding carboxylic acids is 2. The van der Waals surface area contributed by atoms with Crippen LogP contribution in [0.15, 0.2) is 72.8 Å². The first-order valence-corrected chi connectivity index (χ1v) is 7.05. The molecule has 0 saturated carbocycles. The van der Waals surface area contributed by atoms with Crippen LogP contribution in [0.4, 0.5) is 0 Å². The molecule has 2 aromatic rings. The van der Waals surface area contributed by atoms with Crippen LogP contribution in [-0.2, 0) is 4.79 Å². The minimum Gasteiger partial charge on any atom is -0.303 e. The van der Waals surface area contributed by atoms with Crippen LogP contribution in [0, 0.1) is 0 Å². The summed E-state index contributed by atoms with van der Waals surface area (Å²) in [6.45, 7) is 0. The molecule has 0 aliphatic carbocycles. The van der Waals surface area contributed by atoms with E-state index in [1.54, 1.807) is 18.2 Å². The van der Waals surface area contributed by atoms with Crippen molar-refractivity contribution in [2.45, 2.75) is 18.8 Å². The van der Waals surface area contributed by atoms with Gasteiger partial charge >= 0.3 is 0 Å². The van der Waals surface area contributed by atoms with Gasteiger partial charge in [-0.25, -0.2) is 0 Å². The Morgan fingerprint density at radius 2 is 1.52 bits per heavy atom. The Bertz CT molecular complexity index is 600. The zero-order valence-corrected chi connectivity index (χ0v) is 11.8. The quantitative estimate of drug-likeness (QED) is 0.432. The molecule has 0 radical (unpaired) electrons. The van der Waals surface area contributed by atoms with Gasteiger partial charge in [0.15, 0.2) is 5.78 Å². The van der Waals surface area contributed by atoms with E-state index in [9.17, 15) is 9.59 Å². The highest BCUT2D eigenvalue weighted by molar-refractivity contribution is 6.04. The van der Waals surface area contributed by atoms with E-state index in [2.05, 4.69) is 0 Å². The van der Waals surface area contributed by atoms with Crippen LogP contribution >= 0.6 is 0 Å². The SMILES string of the molecule is O=CC[C@@H](C/C=C/C(=O)c1ccccc1)c1ccccc1. The molecule has 1 atom stereocenters. The van der Waals surface area contributed by atoms with Crippen molar-refractivity contribution in [3.8, 4) is 0 Å². The first-order chi connectivity index (χ1) is 10.3. The van der Waals surface area contributed by atoms with Gasteiger partial charge in [0.1, 0.15) is 6.29 Å². The van der Waals surface area contributed by atoms with Crippen LogP contribution in [0.25, 0.3) is 0 Å². The molecule has 0 heterocycles. The second-order valence-electron chi connectivity index (χ2n) is 4.88. The van der Waals surface area contributed by atoms with E-state index in [1.807, 2.05) is 54.6 Å². The number of carbonyl (C=O) groups is 2. The number of hydrogen-bond acceptors (Lipinski definition) is 2. The lowest BCUT2D eigenvalue weighted by atomic mass is 9.93. The Balaban J connectivity index is 2.00. The third-order valence-electron chi connectivity index (χ3n) is 3.40. The molecule has 2 aromatic carbocycles. The first-order valence-electron chi connectivity index (χ1n) is 7.05. The number of hydrogen-bond donors (Lipinski definition) is 0. The summed E-state index contributed by atoms with van der Waals surface area (Å²) in [5.74, 6) is 0.122. The van der Waals surface area contributed by atoms with Crippen LogP contribution in [0.1, 0.15) is 34.7 Å². The van der Waals surface area contributed by atoms with E-state index in [0.29, 0.717) is 18.4 Å². The lowest BCUT2D eigenvalue weighted by Crippen LogP contribution is -1.99. The molecule has 0 bridgehead atoms. The maximum atomic E-state index is 12.0. The minimum atomic E-state index is -0.00600. The monoisotopic (exact) mass is 278 g/mol. The van der Waals surface area contributed by atoms with Crippen molar-refractivity contribution in [3.63, 3.8) is 0 Å². The summed E-state index contributed by atoms with van der Waals surface area (Å²) in [6.07, 6.45) is 5.53. The molecule has 0 amide bonds. The molecule has 106 valence electrons. The highest BCUT2D eigenvalue weighted by atomic mass is 16.1. The zero-order valence-electron chi connectivity index (χ0n) is 11.8. The van der Waals surface area contributed by atoms with Crippen molar-refractivity contribution in [1.82, 2.24) is 0 Å². The number of benzene rings is 2. The topological polar surface area (TPSA) is 34.1 Å². The summed E-state index contributed by atoms with van der Waals surface area (Å²) < 4.78 is 0. The van der Waals surface area contributed by atoms with E-state index in [1.165, 1.54) is 0 Å². The molecule has 0 aliphatic heterocycles. The smallest absolute Gasteiger partial charge is 0.185 e. The van der Waals surface area contributed by atoms with Crippen LogP contribution in [0.2, 0.25) is 0 Å². The van der Waals surface area contributed by atoms with E-state index in [4.69, 9.17) is 0 Å². The summed E-state index contributed by atoms with van der Waals surface area (Å²) in [7, 11) is 0. The van der Waals surface area contributed by atoms with Gasteiger partial charge in [0.2, 0.25) is 0 Å². The molecule has 21 heavy (non-hydrogen) atoms. The fraction of sp³-hybridized carbons (Fsp3) is 0.158. The third-order valence-corrected chi connectivity index (χ3v) is 3.40. The van der Waals surface area contributed by atoms with Gasteiger partial charge in [-0.3, -0.25) is 4.79 Å². The van der Waals surface area contributed by atoms with Gasteiger partial charge in [-0.15, -0.1) is 0 Å². The highest BCUT2D eigenvalue weighted by Gasteiger charge is 2.09. The Kier molecular flexibility index (Phi) is 5.65. The Morgan fingerprint density at radius 3 is 2.14 bits per heavy atom. The summed E-state index contributed by atoms with van der Waals surface area (Å²) in [5.41, 5.74) is 1.81. The molecule has 2 rings (SSSR count). The minimum absolute atomic E-state index is 0.00600. The number of aldehydes is 1. The molecular formula is C19H18O2. The van der Waals surface area contributed by atoms with Crippen molar-refractivity contribution < 1.29 is 9.59 Å². The summed E-state index contributed by atoms with van der Waals surface area (Å²) in [4.78, 5) is 22.8. The maximum Gasteiger partial charge on any atom is 0.185 e. The van der Waals surface area contributed by atoms with Gasteiger partial charge in [0.25, 0.3) is 0 Å². The molecule has 0 spiro atoms. The van der Waals surface area contributed by atoms with Crippen LogP contribution in [-0.4, -0.2) is 12.1 Å². The van der Waals surface area contributed by atoms with Crippen molar-refractivity contribution >= 4 is 12.1 Å². The largest absolute Gasteiger partial charge is 0.303 e. The number of rotatable bonds is 7. The Morgan fingerprint density at radius 1 is 0.905 bits per heavy atom. The first kappa shape index (κ1) is 14.9. The van der Waals surface area contributed by atoms with Crippen LogP contribution < -0.4 is 0 Å². The van der Waals surface area contributed by atoms with Crippen molar-refractivity contribution in [1.29, 1.82) is 0 Å². The zero-order chi connectivity index (χ0) is 14.9. The molecule has 0 aromatic heterocycles. The Labute approximate surface area is 125 Å². The second kappa shape index (κ2) is 7.95. The fourth-order valence-corrected chi connectivity index (χ4v) is 2.25. The standard InChI is InChI=1S/C19H18O2/c20-15-14-17(16-8-3-1-4-9-16)12-7-13-19(21)18-10-5-2-6-11-18/h1-11,13,15,17H,12,14H2/b13-7+/t17-/m1/s1. The lowest BCUT2D eigenvalue weighted by Gasteiger charge is -2.11. The molecule has 2 nitrogen and oxygen atoms in total. The number of ketones is 1. The molecular weight excluding hydrogens is 260 g/mol. The van der Waals surface area contributed by atoms with Crippen molar-refractivity contribution in [2.75, 3.05) is 0 Å². The van der Waals surface area contributed by atoms with Crippen molar-refractivity contribution in [2.24, 2.45) is 0 Å². The van der Waals surface area contributed by atoms with E-state index in [0.717, 1.165) is 11.8 Å². The normalized spacial score (nSPS) is 12.2. The van der Waals surface area contributed by atoms with Crippen LogP contribution in [0.5, 0.6) is 0 Å². The molecule has 2 heteroatoms. The van der Waals surface area contributed by atoms with Gasteiger partial charge in [0, 0.05) is 12.0 Å². The second-order valence-corrected chi connectivity index (χ2v) is 4.88. The van der Waals surface area contributed by atoms with Gasteiger partial charge in [-0.1, -0.05) is 66.7 Å². The molecule has 0 aliphatic rings. The Hall–Kier alpha value is -2.48. The highest BCUT2D eigenvalue weighted by Crippen LogP contribution is 2.22. The van der Waals surface area contributed by atoms with Gasteiger partial charge in [0.05, 0.1) is 0 Å². The summed E-state index contributed by atoms with van der Waals surface area (Å²) in [5, 5.41) is 0. The van der Waals surface area contributed by atoms with Crippen molar-refractivity contribution in [3.05, 3.63) is 83.9 Å². The van der Waals surface area contributed by atoms with Crippen LogP contribution in [0.3, 0.4) is 0 Å². The van der Waals surface area contributed by atoms with Gasteiger partial charge < -0.3 is 4.79 Å². The van der Waals surface area contributed by atoms with Gasteiger partial charge in [-0.05, 0) is 24.0 Å². The molecule has 0 saturated heterocycles. The summed E-state index contributed by atoms with van der Waals surface area (Å²) in [6, 6.07) is 19.1. The van der Waals surface area contributed by atoms with Gasteiger partial charge in [-0.2, -0.15) is 0 Å². The fourth-order valence-electron chi connectivity index (χ4n) is 2.25. The predicted molar refractivity (Wildman–Crippen MR) is 84.4 cm³/mol.